The van der Waals surface area contributed by atoms with E-state index >= 15 is 0 Å². The van der Waals surface area contributed by atoms with Crippen LogP contribution in [-0.4, -0.2) is 10.7 Å². The summed E-state index contributed by atoms with van der Waals surface area (Å²) in [5, 5.41) is 9.55. The number of rotatable bonds is 14. The predicted molar refractivity (Wildman–Crippen MR) is 89.2 cm³/mol. The Hall–Kier alpha value is -0.0800. The zero-order chi connectivity index (χ0) is 15.3. The predicted octanol–water partition coefficient (Wildman–Crippen LogP) is 6.08. The summed E-state index contributed by atoms with van der Waals surface area (Å²) in [5.41, 5.74) is 2.58. The number of hydroxylamine groups is 1. The minimum atomic E-state index is -0.0596. The van der Waals surface area contributed by atoms with Crippen molar-refractivity contribution in [3.8, 4) is 0 Å². The molecule has 0 heterocycles. The van der Waals surface area contributed by atoms with Crippen molar-refractivity contribution in [1.82, 2.24) is 5.48 Å². The highest BCUT2D eigenvalue weighted by molar-refractivity contribution is 4.89. The largest absolute Gasteiger partial charge is 0.316 e. The van der Waals surface area contributed by atoms with Crippen molar-refractivity contribution >= 4 is 0 Å². The van der Waals surface area contributed by atoms with Crippen LogP contribution in [0.3, 0.4) is 0 Å². The lowest BCUT2D eigenvalue weighted by atomic mass is 9.76. The highest BCUT2D eigenvalue weighted by Gasteiger charge is 2.33. The van der Waals surface area contributed by atoms with Gasteiger partial charge in [0.25, 0.3) is 0 Å². The Kier molecular flexibility index (Phi) is 12.6. The van der Waals surface area contributed by atoms with Crippen molar-refractivity contribution in [2.45, 2.75) is 110 Å². The van der Waals surface area contributed by atoms with E-state index in [9.17, 15) is 5.21 Å². The molecule has 2 heteroatoms. The minimum Gasteiger partial charge on any atom is -0.316 e. The van der Waals surface area contributed by atoms with Gasteiger partial charge in [0.1, 0.15) is 0 Å². The van der Waals surface area contributed by atoms with Gasteiger partial charge in [-0.1, -0.05) is 85.5 Å². The van der Waals surface area contributed by atoms with Crippen LogP contribution < -0.4 is 5.48 Å². The third-order valence-electron chi connectivity index (χ3n) is 5.16. The normalized spacial score (nSPS) is 13.7. The molecular weight excluding hydrogens is 246 g/mol. The van der Waals surface area contributed by atoms with Crippen LogP contribution in [0.15, 0.2) is 0 Å². The molecular formula is C18H39NO. The van der Waals surface area contributed by atoms with Gasteiger partial charge in [-0.3, -0.25) is 0 Å². The molecule has 0 aromatic rings. The van der Waals surface area contributed by atoms with Crippen LogP contribution in [0.1, 0.15) is 105 Å². The molecule has 0 fully saturated rings. The first-order valence-corrected chi connectivity index (χ1v) is 9.11. The molecule has 1 atom stereocenters. The van der Waals surface area contributed by atoms with Gasteiger partial charge in [0, 0.05) is 5.54 Å². The summed E-state index contributed by atoms with van der Waals surface area (Å²) in [7, 11) is 0. The molecule has 1 unspecified atom stereocenters. The van der Waals surface area contributed by atoms with Crippen LogP contribution in [0.4, 0.5) is 0 Å². The summed E-state index contributed by atoms with van der Waals surface area (Å²) < 4.78 is 0. The van der Waals surface area contributed by atoms with Crippen molar-refractivity contribution in [2.24, 2.45) is 5.92 Å². The van der Waals surface area contributed by atoms with E-state index in [-0.39, 0.29) is 5.54 Å². The molecule has 0 aliphatic heterocycles. The van der Waals surface area contributed by atoms with E-state index in [0.717, 1.165) is 19.3 Å². The number of nitrogens with one attached hydrogen (secondary N) is 1. The molecule has 0 bridgehead atoms. The van der Waals surface area contributed by atoms with Crippen LogP contribution in [-0.2, 0) is 0 Å². The third kappa shape index (κ3) is 7.08. The van der Waals surface area contributed by atoms with Crippen molar-refractivity contribution in [3.63, 3.8) is 0 Å². The molecule has 0 radical (unpaired) electrons. The van der Waals surface area contributed by atoms with Gasteiger partial charge < -0.3 is 5.21 Å². The molecule has 2 nitrogen and oxygen atoms in total. The fraction of sp³-hybridized carbons (Fsp3) is 1.00. The summed E-state index contributed by atoms with van der Waals surface area (Å²) >= 11 is 0. The molecule has 0 amide bonds. The van der Waals surface area contributed by atoms with E-state index in [1.54, 1.807) is 0 Å². The van der Waals surface area contributed by atoms with Crippen molar-refractivity contribution in [2.75, 3.05) is 0 Å². The number of hydrogen-bond acceptors (Lipinski definition) is 2. The third-order valence-corrected chi connectivity index (χ3v) is 5.16. The van der Waals surface area contributed by atoms with Crippen LogP contribution >= 0.6 is 0 Å². The zero-order valence-electron chi connectivity index (χ0n) is 14.5. The fourth-order valence-corrected chi connectivity index (χ4v) is 3.47. The molecule has 0 aliphatic carbocycles. The molecule has 122 valence electrons. The molecule has 2 N–H and O–H groups in total. The second-order valence-corrected chi connectivity index (χ2v) is 6.34. The smallest absolute Gasteiger partial charge is 0.0452 e. The quantitative estimate of drug-likeness (QED) is 0.299. The first-order valence-electron chi connectivity index (χ1n) is 9.11. The van der Waals surface area contributed by atoms with Crippen LogP contribution in [0, 0.1) is 5.92 Å². The van der Waals surface area contributed by atoms with E-state index in [1.807, 2.05) is 0 Å². The highest BCUT2D eigenvalue weighted by Crippen LogP contribution is 2.31. The molecule has 0 aromatic heterocycles. The highest BCUT2D eigenvalue weighted by atomic mass is 16.5. The minimum absolute atomic E-state index is 0.0596. The first kappa shape index (κ1) is 19.9. The molecule has 20 heavy (non-hydrogen) atoms. The van der Waals surface area contributed by atoms with Gasteiger partial charge in [0.05, 0.1) is 0 Å². The lowest BCUT2D eigenvalue weighted by Gasteiger charge is -2.38. The van der Waals surface area contributed by atoms with Gasteiger partial charge in [0.15, 0.2) is 0 Å². The summed E-state index contributed by atoms with van der Waals surface area (Å²) in [6.45, 7) is 8.90. The summed E-state index contributed by atoms with van der Waals surface area (Å²) in [4.78, 5) is 0. The van der Waals surface area contributed by atoms with E-state index in [2.05, 4.69) is 33.2 Å². The Bertz CT molecular complexity index is 193. The molecule has 0 aromatic carbocycles. The molecule has 0 aliphatic rings. The molecule has 0 saturated carbocycles. The Morgan fingerprint density at radius 1 is 0.800 bits per heavy atom. The maximum atomic E-state index is 9.55. The standard InChI is InChI=1S/C18H39NO/c1-5-9-10-11-12-13-14-15-16-17(6-2)18(7-3,8-4)19-20/h17,19-20H,5-16H2,1-4H3. The average Bonchev–Trinajstić information content (AvgIpc) is 2.49. The van der Waals surface area contributed by atoms with Crippen molar-refractivity contribution in [3.05, 3.63) is 0 Å². The maximum absolute atomic E-state index is 9.55. The Morgan fingerprint density at radius 3 is 1.70 bits per heavy atom. The van der Waals surface area contributed by atoms with E-state index in [4.69, 9.17) is 0 Å². The van der Waals surface area contributed by atoms with Gasteiger partial charge in [-0.15, -0.1) is 0 Å². The van der Waals surface area contributed by atoms with Gasteiger partial charge in [-0.05, 0) is 25.2 Å². The zero-order valence-corrected chi connectivity index (χ0v) is 14.5. The van der Waals surface area contributed by atoms with E-state index in [1.165, 1.54) is 57.8 Å². The monoisotopic (exact) mass is 285 g/mol. The fourth-order valence-electron chi connectivity index (χ4n) is 3.47. The number of unbranched alkanes of at least 4 members (excludes halogenated alkanes) is 7. The van der Waals surface area contributed by atoms with Crippen molar-refractivity contribution < 1.29 is 5.21 Å². The summed E-state index contributed by atoms with van der Waals surface area (Å²) in [5.74, 6) is 0.600. The van der Waals surface area contributed by atoms with Crippen LogP contribution in [0.25, 0.3) is 0 Å². The first-order chi connectivity index (χ1) is 9.70. The molecule has 0 rings (SSSR count). The second kappa shape index (κ2) is 12.6. The van der Waals surface area contributed by atoms with E-state index < -0.39 is 0 Å². The molecule has 0 spiro atoms. The van der Waals surface area contributed by atoms with Gasteiger partial charge in [-0.25, -0.2) is 0 Å². The Labute approximate surface area is 127 Å². The Balaban J connectivity index is 3.84. The van der Waals surface area contributed by atoms with Gasteiger partial charge in [-0.2, -0.15) is 5.48 Å². The second-order valence-electron chi connectivity index (χ2n) is 6.34. The van der Waals surface area contributed by atoms with Gasteiger partial charge in [0.2, 0.25) is 0 Å². The lowest BCUT2D eigenvalue weighted by Crippen LogP contribution is -2.48. The van der Waals surface area contributed by atoms with Crippen LogP contribution in [0.5, 0.6) is 0 Å². The summed E-state index contributed by atoms with van der Waals surface area (Å²) in [6, 6.07) is 0. The maximum Gasteiger partial charge on any atom is 0.0452 e. The topological polar surface area (TPSA) is 32.3 Å². The van der Waals surface area contributed by atoms with E-state index in [0.29, 0.717) is 5.92 Å². The van der Waals surface area contributed by atoms with Gasteiger partial charge >= 0.3 is 0 Å². The van der Waals surface area contributed by atoms with Crippen molar-refractivity contribution in [1.29, 1.82) is 0 Å². The molecule has 0 saturated heterocycles. The number of hydrogen-bond donors (Lipinski definition) is 2. The van der Waals surface area contributed by atoms with Crippen LogP contribution in [0.2, 0.25) is 0 Å². The lowest BCUT2D eigenvalue weighted by molar-refractivity contribution is 0.0112. The summed E-state index contributed by atoms with van der Waals surface area (Å²) in [6.07, 6.45) is 15.5. The Morgan fingerprint density at radius 2 is 1.30 bits per heavy atom. The average molecular weight is 286 g/mol. The SMILES string of the molecule is CCCCCCCCCCC(CC)C(CC)(CC)NO.